The van der Waals surface area contributed by atoms with Crippen molar-refractivity contribution in [1.82, 2.24) is 29.7 Å². The summed E-state index contributed by atoms with van der Waals surface area (Å²) in [5.74, 6) is -0.389. The Morgan fingerprint density at radius 2 is 1.12 bits per heavy atom. The van der Waals surface area contributed by atoms with E-state index in [1.54, 1.807) is 12.1 Å². The standard InChI is InChI=1S/C31H31F2N5O.C24H29N5/c1-38(2)16-6-5-15-34-31-35-19-21-17-26(24-7-3-4-8-25(24)29(21)37-31)20-9-12-23(13-10-20)36-30(39)27-18-22(32)11-14-28(27)33;1-29(2)14-6-5-13-26-24-27-16-18-15-22(17-9-11-19(25)12-10-17)20-7-3-4-8-21(20)23(18)28-24/h3-4,7-14,18-19,26H,5-6,15-17H2,1-2H3,(H,36,39)(H,34,35,37);3-4,7-12,16,22H,5-6,13-15,25H2,1-2H3,(H,26,27,28). The number of fused-ring (bicyclic) bond motifs is 6. The molecule has 1 amide bonds. The Labute approximate surface area is 398 Å². The van der Waals surface area contributed by atoms with Gasteiger partial charge in [0, 0.05) is 59.8 Å². The number of nitrogen functional groups attached to an aromatic ring is 1. The number of anilines is 4. The highest BCUT2D eigenvalue weighted by Gasteiger charge is 2.29. The third-order valence-corrected chi connectivity index (χ3v) is 12.5. The van der Waals surface area contributed by atoms with Crippen LogP contribution in [0.1, 0.15) is 81.3 Å². The molecule has 9 rings (SSSR count). The molecule has 2 heterocycles. The molecule has 68 heavy (non-hydrogen) atoms. The van der Waals surface area contributed by atoms with Gasteiger partial charge in [0.15, 0.2) is 0 Å². The SMILES string of the molecule is CN(C)CCCCNc1ncc2c(n1)-c1ccccc1C(c1ccc(N)cc1)C2.CN(C)CCCCNc1ncc2c(n1)-c1ccccc1C(c1ccc(NC(=O)c3cc(F)ccc3F)cc1)C2. The van der Waals surface area contributed by atoms with Gasteiger partial charge in [-0.15, -0.1) is 0 Å². The normalized spacial score (nSPS) is 14.5. The van der Waals surface area contributed by atoms with Crippen LogP contribution >= 0.6 is 0 Å². The van der Waals surface area contributed by atoms with E-state index in [1.165, 1.54) is 27.8 Å². The predicted octanol–water partition coefficient (Wildman–Crippen LogP) is 10.3. The van der Waals surface area contributed by atoms with Gasteiger partial charge in [0.2, 0.25) is 11.9 Å². The first-order valence-corrected chi connectivity index (χ1v) is 23.4. The maximum atomic E-state index is 14.0. The van der Waals surface area contributed by atoms with Crippen LogP contribution < -0.4 is 21.7 Å². The lowest BCUT2D eigenvalue weighted by atomic mass is 9.78. The number of nitrogens with two attached hydrogens (primary N) is 1. The predicted molar refractivity (Wildman–Crippen MR) is 270 cm³/mol. The number of rotatable bonds is 16. The van der Waals surface area contributed by atoms with Gasteiger partial charge < -0.3 is 31.5 Å². The number of halogens is 2. The molecule has 13 heteroatoms. The van der Waals surface area contributed by atoms with E-state index >= 15 is 0 Å². The van der Waals surface area contributed by atoms with E-state index in [-0.39, 0.29) is 11.5 Å². The molecule has 0 saturated heterocycles. The molecule has 350 valence electrons. The van der Waals surface area contributed by atoms with Gasteiger partial charge in [-0.1, -0.05) is 72.8 Å². The van der Waals surface area contributed by atoms with E-state index in [0.29, 0.717) is 23.5 Å². The first kappa shape index (κ1) is 47.4. The Balaban J connectivity index is 0.000000192. The minimum absolute atomic E-state index is 0.0903. The number of aromatic nitrogens is 4. The van der Waals surface area contributed by atoms with Crippen LogP contribution in [0.15, 0.2) is 128 Å². The van der Waals surface area contributed by atoms with Crippen molar-refractivity contribution in [1.29, 1.82) is 0 Å². The Morgan fingerprint density at radius 3 is 1.62 bits per heavy atom. The molecule has 2 aromatic heterocycles. The molecule has 5 aromatic carbocycles. The van der Waals surface area contributed by atoms with E-state index in [9.17, 15) is 13.6 Å². The molecule has 0 fully saturated rings. The number of unbranched alkanes of at least 4 members (excludes halogenated alkanes) is 2. The second-order valence-electron chi connectivity index (χ2n) is 18.1. The van der Waals surface area contributed by atoms with Crippen molar-refractivity contribution in [2.45, 2.75) is 50.4 Å². The Hall–Kier alpha value is -7.09. The van der Waals surface area contributed by atoms with Crippen LogP contribution in [0.5, 0.6) is 0 Å². The summed E-state index contributed by atoms with van der Waals surface area (Å²) in [4.78, 5) is 35.8. The molecule has 0 bridgehead atoms. The van der Waals surface area contributed by atoms with Crippen LogP contribution in [0.2, 0.25) is 0 Å². The Kier molecular flexibility index (Phi) is 15.4. The van der Waals surface area contributed by atoms with E-state index in [2.05, 4.69) is 112 Å². The third-order valence-electron chi connectivity index (χ3n) is 12.5. The third kappa shape index (κ3) is 11.7. The monoisotopic (exact) mass is 914 g/mol. The van der Waals surface area contributed by atoms with Crippen LogP contribution in [0, 0.1) is 11.6 Å². The van der Waals surface area contributed by atoms with Gasteiger partial charge in [-0.3, -0.25) is 4.79 Å². The number of nitrogens with zero attached hydrogens (tertiary/aromatic N) is 6. The number of hydrogen-bond donors (Lipinski definition) is 4. The maximum Gasteiger partial charge on any atom is 0.258 e. The summed E-state index contributed by atoms with van der Waals surface area (Å²) in [6.45, 7) is 3.88. The second kappa shape index (κ2) is 22.1. The first-order valence-electron chi connectivity index (χ1n) is 23.4. The average Bonchev–Trinajstić information content (AvgIpc) is 3.34. The fourth-order valence-electron chi connectivity index (χ4n) is 8.94. The van der Waals surface area contributed by atoms with Gasteiger partial charge in [0.05, 0.1) is 17.0 Å². The summed E-state index contributed by atoms with van der Waals surface area (Å²) in [6, 6.07) is 35.4. The van der Waals surface area contributed by atoms with Crippen LogP contribution in [0.4, 0.5) is 32.1 Å². The van der Waals surface area contributed by atoms with Crippen LogP contribution in [-0.4, -0.2) is 90.0 Å². The first-order chi connectivity index (χ1) is 33.0. The zero-order valence-electron chi connectivity index (χ0n) is 39.3. The fourth-order valence-corrected chi connectivity index (χ4v) is 8.94. The number of hydrogen-bond acceptors (Lipinski definition) is 10. The van der Waals surface area contributed by atoms with Gasteiger partial charge in [-0.05, 0) is 156 Å². The summed E-state index contributed by atoms with van der Waals surface area (Å²) in [7, 11) is 8.37. The number of benzene rings is 5. The summed E-state index contributed by atoms with van der Waals surface area (Å²) < 4.78 is 27.5. The number of carbonyl (C=O) groups excluding carboxylic acids is 1. The molecule has 7 aromatic rings. The lowest BCUT2D eigenvalue weighted by Crippen LogP contribution is -2.17. The van der Waals surface area contributed by atoms with E-state index in [4.69, 9.17) is 15.7 Å². The van der Waals surface area contributed by atoms with E-state index in [1.807, 2.05) is 48.8 Å². The highest BCUT2D eigenvalue weighted by atomic mass is 19.1. The summed E-state index contributed by atoms with van der Waals surface area (Å²) >= 11 is 0. The summed E-state index contributed by atoms with van der Waals surface area (Å²) in [5, 5.41) is 9.41. The molecule has 5 N–H and O–H groups in total. The van der Waals surface area contributed by atoms with Gasteiger partial charge in [-0.2, -0.15) is 0 Å². The molecule has 0 radical (unpaired) electrons. The molecule has 2 unspecified atom stereocenters. The number of amides is 1. The smallest absolute Gasteiger partial charge is 0.258 e. The molecule has 0 aliphatic heterocycles. The summed E-state index contributed by atoms with van der Waals surface area (Å²) in [6.07, 6.45) is 9.98. The lowest BCUT2D eigenvalue weighted by molar-refractivity contribution is 0.102. The minimum Gasteiger partial charge on any atom is -0.399 e. The van der Waals surface area contributed by atoms with Crippen molar-refractivity contribution in [3.8, 4) is 22.5 Å². The molecular formula is C55H60F2N10O. The number of carbonyl (C=O) groups is 1. The quantitative estimate of drug-likeness (QED) is 0.0548. The molecule has 11 nitrogen and oxygen atoms in total. The zero-order valence-corrected chi connectivity index (χ0v) is 39.3. The number of nitrogens with one attached hydrogen (secondary N) is 3. The van der Waals surface area contributed by atoms with Crippen molar-refractivity contribution < 1.29 is 13.6 Å². The molecule has 0 spiro atoms. The topological polar surface area (TPSA) is 137 Å². The van der Waals surface area contributed by atoms with Crippen LogP contribution in [-0.2, 0) is 12.8 Å². The second-order valence-corrected chi connectivity index (χ2v) is 18.1. The maximum absolute atomic E-state index is 14.0. The molecule has 2 aliphatic carbocycles. The zero-order chi connectivity index (χ0) is 47.6. The van der Waals surface area contributed by atoms with Crippen molar-refractivity contribution in [3.05, 3.63) is 178 Å². The van der Waals surface area contributed by atoms with Gasteiger partial charge in [0.25, 0.3) is 5.91 Å². The van der Waals surface area contributed by atoms with Crippen molar-refractivity contribution in [2.24, 2.45) is 0 Å². The highest BCUT2D eigenvalue weighted by Crippen LogP contribution is 2.43. The van der Waals surface area contributed by atoms with Gasteiger partial charge in [0.1, 0.15) is 11.6 Å². The van der Waals surface area contributed by atoms with Crippen molar-refractivity contribution >= 4 is 29.2 Å². The molecule has 0 saturated carbocycles. The largest absolute Gasteiger partial charge is 0.399 e. The highest BCUT2D eigenvalue weighted by molar-refractivity contribution is 6.04. The average molecular weight is 915 g/mol. The van der Waals surface area contributed by atoms with Crippen molar-refractivity contribution in [2.75, 3.05) is 76.1 Å². The molecular weight excluding hydrogens is 855 g/mol. The molecule has 2 atom stereocenters. The van der Waals surface area contributed by atoms with Crippen LogP contribution in [0.25, 0.3) is 22.5 Å². The van der Waals surface area contributed by atoms with E-state index in [0.717, 1.165) is 117 Å². The van der Waals surface area contributed by atoms with Crippen molar-refractivity contribution in [3.63, 3.8) is 0 Å². The molecule has 2 aliphatic rings. The summed E-state index contributed by atoms with van der Waals surface area (Å²) in [5.41, 5.74) is 18.3. The van der Waals surface area contributed by atoms with Gasteiger partial charge >= 0.3 is 0 Å². The van der Waals surface area contributed by atoms with Gasteiger partial charge in [-0.25, -0.2) is 28.7 Å². The van der Waals surface area contributed by atoms with Crippen LogP contribution in [0.3, 0.4) is 0 Å². The minimum atomic E-state index is -0.770. The Morgan fingerprint density at radius 1 is 0.632 bits per heavy atom. The fraction of sp³-hybridized carbons (Fsp3) is 0.291. The van der Waals surface area contributed by atoms with E-state index < -0.39 is 17.5 Å². The lowest BCUT2D eigenvalue weighted by Gasteiger charge is -2.27. The Bertz CT molecular complexity index is 2820.